The highest BCUT2D eigenvalue weighted by molar-refractivity contribution is 6.60. The van der Waals surface area contributed by atoms with Crippen molar-refractivity contribution in [1.82, 2.24) is 0 Å². The van der Waals surface area contributed by atoms with Crippen molar-refractivity contribution in [3.8, 4) is 0 Å². The highest BCUT2D eigenvalue weighted by Crippen LogP contribution is 2.18. The Morgan fingerprint density at radius 2 is 1.79 bits per heavy atom. The van der Waals surface area contributed by atoms with E-state index in [1.807, 2.05) is 6.92 Å². The smallest absolute Gasteiger partial charge is 0.377 e. The minimum atomic E-state index is -2.61. The molecule has 0 aromatic carbocycles. The van der Waals surface area contributed by atoms with Gasteiger partial charge >= 0.3 is 8.80 Å². The number of aliphatic imine (C=N–C) groups is 1. The Bertz CT molecular complexity index is 193. The van der Waals surface area contributed by atoms with Crippen LogP contribution in [0.1, 0.15) is 13.3 Å². The Hall–Kier alpha value is -0.523. The summed E-state index contributed by atoms with van der Waals surface area (Å²) in [5, 5.41) is 0. The van der Waals surface area contributed by atoms with Crippen LogP contribution in [0.3, 0.4) is 0 Å². The van der Waals surface area contributed by atoms with Crippen LogP contribution in [0.2, 0.25) is 6.04 Å². The molecule has 1 atom stereocenters. The van der Waals surface area contributed by atoms with Gasteiger partial charge in [-0.05, 0) is 6.42 Å². The number of isocyanates is 1. The molecule has 0 fully saturated rings. The van der Waals surface area contributed by atoms with Crippen molar-refractivity contribution in [2.45, 2.75) is 25.4 Å². The van der Waals surface area contributed by atoms with Crippen molar-refractivity contribution in [3.63, 3.8) is 0 Å². The molecule has 14 heavy (non-hydrogen) atoms. The first-order valence-corrected chi connectivity index (χ1v) is 6.33. The molecule has 0 aliphatic carbocycles. The van der Waals surface area contributed by atoms with Gasteiger partial charge in [-0.25, -0.2) is 9.79 Å². The average Bonchev–Trinajstić information content (AvgIpc) is 2.25. The van der Waals surface area contributed by atoms with Crippen molar-refractivity contribution in [2.75, 3.05) is 21.3 Å². The van der Waals surface area contributed by atoms with Gasteiger partial charge in [0.05, 0.1) is 6.04 Å². The van der Waals surface area contributed by atoms with E-state index in [0.29, 0.717) is 6.04 Å². The highest BCUT2D eigenvalue weighted by Gasteiger charge is 2.40. The van der Waals surface area contributed by atoms with Crippen molar-refractivity contribution in [1.29, 1.82) is 0 Å². The van der Waals surface area contributed by atoms with Crippen LogP contribution in [-0.2, 0) is 18.1 Å². The van der Waals surface area contributed by atoms with Gasteiger partial charge in [0.2, 0.25) is 6.08 Å². The number of hydrogen-bond donors (Lipinski definition) is 0. The monoisotopic (exact) mass is 219 g/mol. The lowest BCUT2D eigenvalue weighted by atomic mass is 10.3. The van der Waals surface area contributed by atoms with E-state index in [4.69, 9.17) is 13.3 Å². The summed E-state index contributed by atoms with van der Waals surface area (Å²) in [5.41, 5.74) is 0. The van der Waals surface area contributed by atoms with Crippen LogP contribution in [0, 0.1) is 0 Å². The summed E-state index contributed by atoms with van der Waals surface area (Å²) in [5.74, 6) is 0. The number of rotatable bonds is 7. The molecule has 0 saturated carbocycles. The van der Waals surface area contributed by atoms with Crippen LogP contribution in [0.25, 0.3) is 0 Å². The van der Waals surface area contributed by atoms with Gasteiger partial charge < -0.3 is 13.3 Å². The Morgan fingerprint density at radius 1 is 1.29 bits per heavy atom. The molecule has 0 spiro atoms. The zero-order valence-electron chi connectivity index (χ0n) is 9.07. The summed E-state index contributed by atoms with van der Waals surface area (Å²) in [6.07, 6.45) is 2.28. The van der Waals surface area contributed by atoms with E-state index in [1.54, 1.807) is 6.08 Å². The molecule has 1 unspecified atom stereocenters. The van der Waals surface area contributed by atoms with Crippen molar-refractivity contribution in [2.24, 2.45) is 4.99 Å². The molecule has 0 saturated heterocycles. The fraction of sp³-hybridized carbons (Fsp3) is 0.875. The topological polar surface area (TPSA) is 57.1 Å². The van der Waals surface area contributed by atoms with Gasteiger partial charge in [-0.3, -0.25) is 0 Å². The lowest BCUT2D eigenvalue weighted by Crippen LogP contribution is -2.45. The molecule has 0 radical (unpaired) electrons. The van der Waals surface area contributed by atoms with E-state index in [2.05, 4.69) is 4.99 Å². The summed E-state index contributed by atoms with van der Waals surface area (Å²) in [4.78, 5) is 13.8. The quantitative estimate of drug-likeness (QED) is 0.364. The van der Waals surface area contributed by atoms with Crippen molar-refractivity contribution in [3.05, 3.63) is 0 Å². The Morgan fingerprint density at radius 3 is 2.07 bits per heavy atom. The van der Waals surface area contributed by atoms with E-state index in [1.165, 1.54) is 21.3 Å². The Balaban J connectivity index is 4.46. The third-order valence-electron chi connectivity index (χ3n) is 2.13. The van der Waals surface area contributed by atoms with E-state index in [0.717, 1.165) is 6.42 Å². The maximum Gasteiger partial charge on any atom is 0.502 e. The highest BCUT2D eigenvalue weighted by atomic mass is 28.4. The van der Waals surface area contributed by atoms with E-state index < -0.39 is 8.80 Å². The summed E-state index contributed by atoms with van der Waals surface area (Å²) < 4.78 is 15.7. The fourth-order valence-corrected chi connectivity index (χ4v) is 3.10. The zero-order chi connectivity index (χ0) is 11.0. The van der Waals surface area contributed by atoms with Crippen LogP contribution in [-0.4, -0.2) is 42.3 Å². The van der Waals surface area contributed by atoms with E-state index in [9.17, 15) is 4.79 Å². The molecule has 0 aliphatic heterocycles. The molecule has 6 heteroatoms. The van der Waals surface area contributed by atoms with Gasteiger partial charge in [-0.15, -0.1) is 0 Å². The third-order valence-corrected chi connectivity index (χ3v) is 4.96. The molecule has 0 N–H and O–H groups in total. The van der Waals surface area contributed by atoms with Gasteiger partial charge in [0.1, 0.15) is 0 Å². The lowest BCUT2D eigenvalue weighted by Gasteiger charge is -2.26. The molecule has 82 valence electrons. The average molecular weight is 219 g/mol. The SMILES string of the molecule is CCC(C[Si](OC)(OC)OC)N=C=O. The van der Waals surface area contributed by atoms with Crippen LogP contribution >= 0.6 is 0 Å². The van der Waals surface area contributed by atoms with Gasteiger partial charge in [0.25, 0.3) is 0 Å². The predicted molar refractivity (Wildman–Crippen MR) is 53.8 cm³/mol. The summed E-state index contributed by atoms with van der Waals surface area (Å²) in [6, 6.07) is 0.362. The molecular weight excluding hydrogens is 202 g/mol. The fourth-order valence-electron chi connectivity index (χ4n) is 1.14. The Labute approximate surface area is 85.4 Å². The second kappa shape index (κ2) is 6.86. The van der Waals surface area contributed by atoms with Gasteiger partial charge in [0.15, 0.2) is 0 Å². The number of nitrogens with zero attached hydrogens (tertiary/aromatic N) is 1. The summed E-state index contributed by atoms with van der Waals surface area (Å²) >= 11 is 0. The second-order valence-corrected chi connectivity index (χ2v) is 5.78. The lowest BCUT2D eigenvalue weighted by molar-refractivity contribution is 0.121. The maximum atomic E-state index is 10.1. The molecular formula is C8H17NO4Si. The predicted octanol–water partition coefficient (Wildman–Crippen LogP) is 0.979. The molecule has 5 nitrogen and oxygen atoms in total. The van der Waals surface area contributed by atoms with E-state index in [-0.39, 0.29) is 6.04 Å². The largest absolute Gasteiger partial charge is 0.502 e. The molecule has 0 heterocycles. The first-order chi connectivity index (χ1) is 6.67. The normalized spacial score (nSPS) is 13.4. The Kier molecular flexibility index (Phi) is 6.60. The van der Waals surface area contributed by atoms with Crippen LogP contribution < -0.4 is 0 Å². The molecule has 0 aliphatic rings. The molecule has 0 aromatic rings. The standard InChI is InChI=1S/C8H17NO4Si/c1-5-8(9-7-10)6-14(11-2,12-3)13-4/h8H,5-6H2,1-4H3. The van der Waals surface area contributed by atoms with Crippen molar-refractivity contribution < 1.29 is 18.1 Å². The van der Waals surface area contributed by atoms with Crippen LogP contribution in [0.5, 0.6) is 0 Å². The first-order valence-electron chi connectivity index (χ1n) is 4.40. The number of carbonyl (C=O) groups excluding carboxylic acids is 1. The third kappa shape index (κ3) is 3.69. The molecule has 0 aromatic heterocycles. The summed E-state index contributed by atoms with van der Waals surface area (Å²) in [7, 11) is 2.00. The first kappa shape index (κ1) is 13.5. The van der Waals surface area contributed by atoms with Crippen molar-refractivity contribution >= 4 is 14.9 Å². The summed E-state index contributed by atoms with van der Waals surface area (Å²) in [6.45, 7) is 1.94. The maximum absolute atomic E-state index is 10.1. The van der Waals surface area contributed by atoms with Gasteiger partial charge in [0, 0.05) is 27.4 Å². The molecule has 0 rings (SSSR count). The minimum absolute atomic E-state index is 0.140. The van der Waals surface area contributed by atoms with Crippen LogP contribution in [0.15, 0.2) is 4.99 Å². The molecule has 0 amide bonds. The molecule has 0 bridgehead atoms. The van der Waals surface area contributed by atoms with Gasteiger partial charge in [-0.2, -0.15) is 0 Å². The second-order valence-electron chi connectivity index (χ2n) is 2.78. The number of hydrogen-bond acceptors (Lipinski definition) is 5. The van der Waals surface area contributed by atoms with Crippen LogP contribution in [0.4, 0.5) is 0 Å². The zero-order valence-corrected chi connectivity index (χ0v) is 10.1. The van der Waals surface area contributed by atoms with Gasteiger partial charge in [-0.1, -0.05) is 6.92 Å². The van der Waals surface area contributed by atoms with E-state index >= 15 is 0 Å². The minimum Gasteiger partial charge on any atom is -0.377 e.